The van der Waals surface area contributed by atoms with Crippen molar-refractivity contribution >= 4 is 37.3 Å². The van der Waals surface area contributed by atoms with Crippen LogP contribution in [0.3, 0.4) is 0 Å². The zero-order valence-corrected chi connectivity index (χ0v) is 25.8. The van der Waals surface area contributed by atoms with E-state index in [1.54, 1.807) is 33.0 Å². The fourth-order valence-electron chi connectivity index (χ4n) is 3.85. The molecule has 226 valence electrons. The number of pyridine rings is 1. The van der Waals surface area contributed by atoms with Crippen molar-refractivity contribution in [1.29, 1.82) is 5.41 Å². The molecule has 0 atom stereocenters. The SMILES string of the molecule is CC(C)(C)OC(=O)NCC(=N)c1c(N2CC(O[Si](C)(C)C(C)(C)C)C2)ccnc1Nc1ccc(OC(F)(F)F)cc1. The van der Waals surface area contributed by atoms with Gasteiger partial charge in [0.05, 0.1) is 29.6 Å². The van der Waals surface area contributed by atoms with Crippen molar-refractivity contribution in [1.82, 2.24) is 10.3 Å². The summed E-state index contributed by atoms with van der Waals surface area (Å²) in [6.45, 7) is 17.3. The van der Waals surface area contributed by atoms with E-state index in [2.05, 4.69) is 59.1 Å². The van der Waals surface area contributed by atoms with Crippen molar-refractivity contribution in [2.24, 2.45) is 0 Å². The molecule has 1 fully saturated rings. The second kappa shape index (κ2) is 11.9. The predicted octanol–water partition coefficient (Wildman–Crippen LogP) is 6.83. The van der Waals surface area contributed by atoms with Gasteiger partial charge in [0, 0.05) is 25.0 Å². The number of hydrogen-bond acceptors (Lipinski definition) is 8. The lowest BCUT2D eigenvalue weighted by atomic mass is 10.0. The van der Waals surface area contributed by atoms with Gasteiger partial charge < -0.3 is 34.8 Å². The van der Waals surface area contributed by atoms with Crippen molar-refractivity contribution in [3.05, 3.63) is 42.1 Å². The van der Waals surface area contributed by atoms with Gasteiger partial charge in [0.1, 0.15) is 17.2 Å². The van der Waals surface area contributed by atoms with Gasteiger partial charge in [-0.15, -0.1) is 13.2 Å². The van der Waals surface area contributed by atoms with Gasteiger partial charge in [-0.05, 0) is 69.2 Å². The van der Waals surface area contributed by atoms with E-state index in [0.29, 0.717) is 30.2 Å². The average Bonchev–Trinajstić information content (AvgIpc) is 2.78. The number of carbonyl (C=O) groups is 1. The third kappa shape index (κ3) is 9.08. The molecule has 1 aliphatic heterocycles. The first-order valence-electron chi connectivity index (χ1n) is 13.3. The highest BCUT2D eigenvalue weighted by Gasteiger charge is 2.42. The number of ether oxygens (including phenoxy) is 2. The smallest absolute Gasteiger partial charge is 0.444 e. The maximum atomic E-state index is 12.6. The van der Waals surface area contributed by atoms with Crippen LogP contribution in [-0.2, 0) is 9.16 Å². The molecule has 0 radical (unpaired) electrons. The number of benzene rings is 1. The lowest BCUT2D eigenvalue weighted by molar-refractivity contribution is -0.274. The number of rotatable bonds is 9. The van der Waals surface area contributed by atoms with E-state index in [1.807, 2.05) is 0 Å². The Balaban J connectivity index is 1.84. The second-order valence-corrected chi connectivity index (χ2v) is 17.2. The minimum Gasteiger partial charge on any atom is -0.444 e. The molecule has 41 heavy (non-hydrogen) atoms. The van der Waals surface area contributed by atoms with Gasteiger partial charge in [-0.25, -0.2) is 9.78 Å². The summed E-state index contributed by atoms with van der Waals surface area (Å²) in [5.74, 6) is -0.0376. The molecule has 0 saturated carbocycles. The Morgan fingerprint density at radius 3 is 2.22 bits per heavy atom. The number of alkyl halides is 3. The zero-order valence-electron chi connectivity index (χ0n) is 24.8. The standard InChI is InChI=1S/C28H40F3N5O4Si/c1-26(2,3)39-25(37)34-15-21(32)23-22(36-16-20(17-36)40-41(7,8)27(4,5)6)13-14-33-24(23)35-18-9-11-19(12-10-18)38-28(29,30)31/h9-14,20,32H,15-17H2,1-8H3,(H,33,35)(H,34,37). The normalized spacial score (nSPS) is 14.8. The molecular weight excluding hydrogens is 555 g/mol. The topological polar surface area (TPSA) is 109 Å². The highest BCUT2D eigenvalue weighted by molar-refractivity contribution is 6.74. The van der Waals surface area contributed by atoms with E-state index in [1.165, 1.54) is 24.3 Å². The van der Waals surface area contributed by atoms with Gasteiger partial charge >= 0.3 is 12.5 Å². The number of amides is 1. The molecule has 0 unspecified atom stereocenters. The third-order valence-corrected chi connectivity index (χ3v) is 11.4. The molecule has 2 aromatic rings. The minimum atomic E-state index is -4.79. The fraction of sp³-hybridized carbons (Fsp3) is 0.536. The lowest BCUT2D eigenvalue weighted by Crippen LogP contribution is -2.58. The van der Waals surface area contributed by atoms with Gasteiger partial charge in [-0.3, -0.25) is 0 Å². The van der Waals surface area contributed by atoms with Crippen LogP contribution in [-0.4, -0.2) is 62.8 Å². The summed E-state index contributed by atoms with van der Waals surface area (Å²) in [7, 11) is -1.97. The van der Waals surface area contributed by atoms with E-state index >= 15 is 0 Å². The van der Waals surface area contributed by atoms with E-state index in [0.717, 1.165) is 5.69 Å². The Morgan fingerprint density at radius 1 is 1.07 bits per heavy atom. The number of nitrogens with zero attached hydrogens (tertiary/aromatic N) is 2. The molecule has 0 aliphatic carbocycles. The minimum absolute atomic E-state index is 0.0450. The van der Waals surface area contributed by atoms with Crippen LogP contribution in [0, 0.1) is 5.41 Å². The lowest BCUT2D eigenvalue weighted by Gasteiger charge is -2.47. The molecule has 9 nitrogen and oxygen atoms in total. The summed E-state index contributed by atoms with van der Waals surface area (Å²) in [5.41, 5.74) is 1.00. The number of anilines is 3. The van der Waals surface area contributed by atoms with Crippen LogP contribution in [0.2, 0.25) is 18.1 Å². The molecule has 1 aliphatic rings. The number of nitrogens with one attached hydrogen (secondary N) is 3. The monoisotopic (exact) mass is 595 g/mol. The highest BCUT2D eigenvalue weighted by atomic mass is 28.4. The predicted molar refractivity (Wildman–Crippen MR) is 156 cm³/mol. The first-order valence-corrected chi connectivity index (χ1v) is 16.2. The Bertz CT molecular complexity index is 1240. The summed E-state index contributed by atoms with van der Waals surface area (Å²) in [6.07, 6.45) is -3.81. The van der Waals surface area contributed by atoms with Gasteiger partial charge in [0.15, 0.2) is 8.32 Å². The quantitative estimate of drug-likeness (QED) is 0.215. The summed E-state index contributed by atoms with van der Waals surface area (Å²) in [5, 5.41) is 14.6. The molecule has 1 aromatic carbocycles. The molecule has 13 heteroatoms. The van der Waals surface area contributed by atoms with Crippen LogP contribution in [0.5, 0.6) is 5.75 Å². The van der Waals surface area contributed by atoms with Gasteiger partial charge in [-0.1, -0.05) is 20.8 Å². The second-order valence-electron chi connectivity index (χ2n) is 12.5. The summed E-state index contributed by atoms with van der Waals surface area (Å²) in [6, 6.07) is 7.02. The molecule has 0 bridgehead atoms. The zero-order chi connectivity index (χ0) is 30.8. The van der Waals surface area contributed by atoms with Gasteiger partial charge in [0.25, 0.3) is 0 Å². The summed E-state index contributed by atoms with van der Waals surface area (Å²) < 4.78 is 53.5. The molecule has 1 aromatic heterocycles. The molecule has 1 saturated heterocycles. The Labute approximate surface area is 240 Å². The van der Waals surface area contributed by atoms with E-state index < -0.39 is 26.4 Å². The number of halogens is 3. The molecule has 2 heterocycles. The van der Waals surface area contributed by atoms with Crippen LogP contribution in [0.4, 0.5) is 35.2 Å². The van der Waals surface area contributed by atoms with Crippen LogP contribution in [0.1, 0.15) is 47.1 Å². The van der Waals surface area contributed by atoms with Crippen molar-refractivity contribution in [2.75, 3.05) is 29.9 Å². The van der Waals surface area contributed by atoms with E-state index in [9.17, 15) is 18.0 Å². The third-order valence-electron chi connectivity index (χ3n) is 6.85. The largest absolute Gasteiger partial charge is 0.573 e. The number of hydrogen-bond donors (Lipinski definition) is 3. The van der Waals surface area contributed by atoms with Crippen molar-refractivity contribution in [2.45, 2.75) is 77.7 Å². The summed E-state index contributed by atoms with van der Waals surface area (Å²) in [4.78, 5) is 18.8. The first kappa shape index (κ1) is 32.2. The first-order chi connectivity index (χ1) is 18.7. The van der Waals surface area contributed by atoms with Crippen LogP contribution in [0.25, 0.3) is 0 Å². The fourth-order valence-corrected chi connectivity index (χ4v) is 5.19. The molecule has 0 spiro atoms. The van der Waals surface area contributed by atoms with Crippen molar-refractivity contribution < 1.29 is 31.9 Å². The number of alkyl carbamates (subject to hydrolysis) is 1. The maximum absolute atomic E-state index is 12.6. The van der Waals surface area contributed by atoms with Crippen LogP contribution >= 0.6 is 0 Å². The molecular formula is C28H40F3N5O4Si. The van der Waals surface area contributed by atoms with Crippen molar-refractivity contribution in [3.8, 4) is 5.75 Å². The van der Waals surface area contributed by atoms with Gasteiger partial charge in [-0.2, -0.15) is 0 Å². The Morgan fingerprint density at radius 2 is 1.68 bits per heavy atom. The molecule has 1 amide bonds. The summed E-state index contributed by atoms with van der Waals surface area (Å²) >= 11 is 0. The van der Waals surface area contributed by atoms with Gasteiger partial charge in [0.2, 0.25) is 0 Å². The maximum Gasteiger partial charge on any atom is 0.573 e. The average molecular weight is 596 g/mol. The Hall–Kier alpha value is -3.32. The van der Waals surface area contributed by atoms with Crippen LogP contribution in [0.15, 0.2) is 36.5 Å². The number of aromatic nitrogens is 1. The highest BCUT2D eigenvalue weighted by Crippen LogP contribution is 2.39. The van der Waals surface area contributed by atoms with E-state index in [-0.39, 0.29) is 29.1 Å². The van der Waals surface area contributed by atoms with Crippen LogP contribution < -0.4 is 20.3 Å². The molecule has 3 N–H and O–H groups in total. The van der Waals surface area contributed by atoms with Crippen molar-refractivity contribution in [3.63, 3.8) is 0 Å². The van der Waals surface area contributed by atoms with E-state index in [4.69, 9.17) is 14.6 Å². The Kier molecular flexibility index (Phi) is 9.33. The molecule has 3 rings (SSSR count). The number of carbonyl (C=O) groups excluding carboxylic acids is 1.